The minimum Gasteiger partial charge on any atom is -0.343 e. The summed E-state index contributed by atoms with van der Waals surface area (Å²) in [7, 11) is 0. The van der Waals surface area contributed by atoms with E-state index in [2.05, 4.69) is 17.2 Å². The Bertz CT molecular complexity index is 482. The summed E-state index contributed by atoms with van der Waals surface area (Å²) in [4.78, 5) is 0. The molecule has 72 valence electrons. The maximum Gasteiger partial charge on any atom is 0.0499 e. The first-order valence-electron chi connectivity index (χ1n) is 4.56. The first-order chi connectivity index (χ1) is 6.68. The zero-order valence-corrected chi connectivity index (χ0v) is 8.88. The van der Waals surface area contributed by atoms with E-state index < -0.39 is 0 Å². The van der Waals surface area contributed by atoms with Crippen molar-refractivity contribution in [3.05, 3.63) is 47.6 Å². The molecule has 1 heterocycles. The molecule has 0 aliphatic rings. The Hall–Kier alpha value is -1.21. The molecule has 0 spiro atoms. The first kappa shape index (κ1) is 9.35. The van der Waals surface area contributed by atoms with Gasteiger partial charge in [0, 0.05) is 28.7 Å². The van der Waals surface area contributed by atoms with Crippen molar-refractivity contribution in [3.63, 3.8) is 0 Å². The molecule has 0 radical (unpaired) electrons. The van der Waals surface area contributed by atoms with E-state index in [1.165, 1.54) is 5.52 Å². The molecule has 0 saturated carbocycles. The summed E-state index contributed by atoms with van der Waals surface area (Å²) in [5, 5.41) is 1.92. The van der Waals surface area contributed by atoms with E-state index >= 15 is 0 Å². The highest BCUT2D eigenvalue weighted by molar-refractivity contribution is 6.35. The fourth-order valence-electron chi connectivity index (χ4n) is 1.61. The van der Waals surface area contributed by atoms with Crippen LogP contribution in [0.3, 0.4) is 0 Å². The minimum absolute atomic E-state index is 0.808. The lowest BCUT2D eigenvalue weighted by molar-refractivity contribution is 0.822. The lowest BCUT2D eigenvalue weighted by Gasteiger charge is -2.04. The predicted octanol–water partition coefficient (Wildman–Crippen LogP) is 3.87. The van der Waals surface area contributed by atoms with Crippen LogP contribution in [0.15, 0.2) is 42.6 Å². The van der Waals surface area contributed by atoms with Gasteiger partial charge < -0.3 is 4.57 Å². The molecule has 0 bridgehead atoms. The smallest absolute Gasteiger partial charge is 0.0499 e. The predicted molar refractivity (Wildman–Crippen MR) is 61.8 cm³/mol. The Kier molecular flexibility index (Phi) is 2.34. The fourth-order valence-corrected chi connectivity index (χ4v) is 1.85. The molecule has 0 aliphatic heterocycles. The maximum absolute atomic E-state index is 6.07. The average molecular weight is 206 g/mol. The average Bonchev–Trinajstić information content (AvgIpc) is 2.49. The van der Waals surface area contributed by atoms with E-state index in [-0.39, 0.29) is 0 Å². The molecule has 2 aromatic rings. The van der Waals surface area contributed by atoms with Crippen molar-refractivity contribution in [2.45, 2.75) is 13.5 Å². The molecule has 1 aromatic heterocycles. The molecular weight excluding hydrogens is 194 g/mol. The monoisotopic (exact) mass is 205 g/mol. The van der Waals surface area contributed by atoms with Crippen LogP contribution < -0.4 is 0 Å². The standard InChI is InChI=1S/C12H12ClN/c1-9(2)8-14-7-6-10-11(13)4-3-5-12(10)14/h3-7H,1,8H2,2H3. The number of hydrogen-bond acceptors (Lipinski definition) is 0. The van der Waals surface area contributed by atoms with Crippen molar-refractivity contribution in [3.8, 4) is 0 Å². The summed E-state index contributed by atoms with van der Waals surface area (Å²) in [5.74, 6) is 0. The summed E-state index contributed by atoms with van der Waals surface area (Å²) in [6.07, 6.45) is 2.05. The van der Waals surface area contributed by atoms with Crippen LogP contribution in [0.4, 0.5) is 0 Å². The van der Waals surface area contributed by atoms with Gasteiger partial charge in [0.05, 0.1) is 0 Å². The summed E-state index contributed by atoms with van der Waals surface area (Å²) in [6, 6.07) is 8.00. The molecule has 1 aromatic carbocycles. The number of benzene rings is 1. The molecule has 0 unspecified atom stereocenters. The fraction of sp³-hybridized carbons (Fsp3) is 0.167. The van der Waals surface area contributed by atoms with Gasteiger partial charge >= 0.3 is 0 Å². The van der Waals surface area contributed by atoms with Gasteiger partial charge in [-0.3, -0.25) is 0 Å². The van der Waals surface area contributed by atoms with Gasteiger partial charge in [0.15, 0.2) is 0 Å². The third kappa shape index (κ3) is 1.55. The van der Waals surface area contributed by atoms with Crippen LogP contribution in [0.25, 0.3) is 10.9 Å². The molecule has 0 amide bonds. The maximum atomic E-state index is 6.07. The van der Waals surface area contributed by atoms with Crippen molar-refractivity contribution in [1.82, 2.24) is 4.57 Å². The van der Waals surface area contributed by atoms with Gasteiger partial charge in [0.2, 0.25) is 0 Å². The lowest BCUT2D eigenvalue weighted by atomic mass is 10.2. The van der Waals surface area contributed by atoms with Gasteiger partial charge in [-0.2, -0.15) is 0 Å². The SMILES string of the molecule is C=C(C)Cn1ccc2c(Cl)cccc21. The Morgan fingerprint density at radius 2 is 2.21 bits per heavy atom. The molecule has 1 nitrogen and oxygen atoms in total. The van der Waals surface area contributed by atoms with Crippen molar-refractivity contribution >= 4 is 22.5 Å². The van der Waals surface area contributed by atoms with Crippen LogP contribution >= 0.6 is 11.6 Å². The van der Waals surface area contributed by atoms with Crippen LogP contribution in [0.2, 0.25) is 5.02 Å². The Morgan fingerprint density at radius 3 is 2.93 bits per heavy atom. The van der Waals surface area contributed by atoms with E-state index in [4.69, 9.17) is 11.6 Å². The number of rotatable bonds is 2. The van der Waals surface area contributed by atoms with Gasteiger partial charge in [-0.25, -0.2) is 0 Å². The van der Waals surface area contributed by atoms with Gasteiger partial charge in [0.25, 0.3) is 0 Å². The molecule has 2 rings (SSSR count). The van der Waals surface area contributed by atoms with E-state index in [1.807, 2.05) is 31.3 Å². The molecule has 0 N–H and O–H groups in total. The second-order valence-corrected chi connectivity index (χ2v) is 3.98. The third-order valence-corrected chi connectivity index (χ3v) is 2.53. The number of hydrogen-bond donors (Lipinski definition) is 0. The molecule has 14 heavy (non-hydrogen) atoms. The number of allylic oxidation sites excluding steroid dienone is 1. The van der Waals surface area contributed by atoms with E-state index in [0.29, 0.717) is 0 Å². The summed E-state index contributed by atoms with van der Waals surface area (Å²) in [6.45, 7) is 6.78. The van der Waals surface area contributed by atoms with Crippen LogP contribution in [-0.2, 0) is 6.54 Å². The Labute approximate surface area is 88.6 Å². The number of halogens is 1. The van der Waals surface area contributed by atoms with Crippen molar-refractivity contribution < 1.29 is 0 Å². The topological polar surface area (TPSA) is 4.93 Å². The zero-order chi connectivity index (χ0) is 10.1. The normalized spacial score (nSPS) is 10.7. The second-order valence-electron chi connectivity index (χ2n) is 3.57. The van der Waals surface area contributed by atoms with Crippen molar-refractivity contribution in [1.29, 1.82) is 0 Å². The summed E-state index contributed by atoms with van der Waals surface area (Å²) in [5.41, 5.74) is 2.31. The van der Waals surface area contributed by atoms with Crippen molar-refractivity contribution in [2.24, 2.45) is 0 Å². The lowest BCUT2D eigenvalue weighted by Crippen LogP contribution is -1.95. The van der Waals surface area contributed by atoms with Crippen LogP contribution in [-0.4, -0.2) is 4.57 Å². The first-order valence-corrected chi connectivity index (χ1v) is 4.94. The summed E-state index contributed by atoms with van der Waals surface area (Å²) >= 11 is 6.07. The molecule has 0 aliphatic carbocycles. The Morgan fingerprint density at radius 1 is 1.43 bits per heavy atom. The quantitative estimate of drug-likeness (QED) is 0.656. The van der Waals surface area contributed by atoms with E-state index in [1.54, 1.807) is 0 Å². The second kappa shape index (κ2) is 3.50. The van der Waals surface area contributed by atoms with Gasteiger partial charge in [-0.1, -0.05) is 29.8 Å². The van der Waals surface area contributed by atoms with Gasteiger partial charge in [0.1, 0.15) is 0 Å². The molecule has 0 atom stereocenters. The van der Waals surface area contributed by atoms with Gasteiger partial charge in [-0.05, 0) is 25.1 Å². The van der Waals surface area contributed by atoms with Crippen LogP contribution in [0.5, 0.6) is 0 Å². The van der Waals surface area contributed by atoms with Crippen LogP contribution in [0, 0.1) is 0 Å². The van der Waals surface area contributed by atoms with E-state index in [0.717, 1.165) is 22.5 Å². The summed E-state index contributed by atoms with van der Waals surface area (Å²) < 4.78 is 2.16. The highest BCUT2D eigenvalue weighted by Crippen LogP contribution is 2.24. The molecule has 0 fully saturated rings. The van der Waals surface area contributed by atoms with Gasteiger partial charge in [-0.15, -0.1) is 0 Å². The highest BCUT2D eigenvalue weighted by Gasteiger charge is 2.03. The highest BCUT2D eigenvalue weighted by atomic mass is 35.5. The van der Waals surface area contributed by atoms with Crippen molar-refractivity contribution in [2.75, 3.05) is 0 Å². The molecule has 2 heteroatoms. The number of aromatic nitrogens is 1. The Balaban J connectivity index is 2.58. The third-order valence-electron chi connectivity index (χ3n) is 2.20. The largest absolute Gasteiger partial charge is 0.343 e. The van der Waals surface area contributed by atoms with Crippen LogP contribution in [0.1, 0.15) is 6.92 Å². The number of fused-ring (bicyclic) bond motifs is 1. The molecular formula is C12H12ClN. The van der Waals surface area contributed by atoms with E-state index in [9.17, 15) is 0 Å². The number of nitrogens with zero attached hydrogens (tertiary/aromatic N) is 1. The molecule has 0 saturated heterocycles. The minimum atomic E-state index is 0.808. The zero-order valence-electron chi connectivity index (χ0n) is 8.13.